The van der Waals surface area contributed by atoms with Crippen molar-refractivity contribution in [1.29, 1.82) is 0 Å². The lowest BCUT2D eigenvalue weighted by molar-refractivity contribution is -0.187. The zero-order valence-electron chi connectivity index (χ0n) is 27.3. The molecule has 0 radical (unpaired) electrons. The highest BCUT2D eigenvalue weighted by atomic mass is 16.6. The molecule has 3 rings (SSSR count). The second kappa shape index (κ2) is 19.0. The number of aliphatic hydroxyl groups excluding tert-OH is 2. The Morgan fingerprint density at radius 1 is 0.979 bits per heavy atom. The number of phenols is 2. The summed E-state index contributed by atoms with van der Waals surface area (Å²) in [6.07, 6.45) is 3.93. The van der Waals surface area contributed by atoms with Crippen molar-refractivity contribution in [3.63, 3.8) is 0 Å². The number of carbonyl (C=O) groups excluding carboxylic acids is 3. The van der Waals surface area contributed by atoms with Gasteiger partial charge in [0, 0.05) is 24.6 Å². The summed E-state index contributed by atoms with van der Waals surface area (Å²) in [4.78, 5) is 39.1. The predicted molar refractivity (Wildman–Crippen MR) is 179 cm³/mol. The van der Waals surface area contributed by atoms with E-state index in [2.05, 4.69) is 17.6 Å². The van der Waals surface area contributed by atoms with Gasteiger partial charge in [-0.25, -0.2) is 4.79 Å². The summed E-state index contributed by atoms with van der Waals surface area (Å²) in [6, 6.07) is 9.61. The summed E-state index contributed by atoms with van der Waals surface area (Å²) in [6.45, 7) is 3.03. The van der Waals surface area contributed by atoms with E-state index in [4.69, 9.17) is 15.2 Å². The Labute approximate surface area is 280 Å². The SMILES string of the molecule is CCCCCCCCOc1ccc(NC(=O)C(CCCN)NC(=O)C2(O)CC(O)C(O)C(OC(=O)/C=C/c3ccc(O)c(O)c3)C2)cc1. The van der Waals surface area contributed by atoms with Crippen LogP contribution in [0.4, 0.5) is 5.69 Å². The molecule has 48 heavy (non-hydrogen) atoms. The zero-order valence-corrected chi connectivity index (χ0v) is 27.3. The standard InChI is InChI=1S/C35H49N3O10/c1-2-3-4-5-6-7-19-47-25-14-12-24(13-15-25)37-33(44)26(9-8-18-36)38-34(45)35(46)21-29(41)32(43)30(22-35)48-31(42)17-11-23-10-16-27(39)28(40)20-23/h10-17,20,26,29-30,32,39-41,43,46H,2-9,18-19,21-22,36H2,1H3,(H,37,44)(H,38,45)/b17-11+. The fourth-order valence-electron chi connectivity index (χ4n) is 5.36. The number of amides is 2. The number of phenolic OH excluding ortho intramolecular Hbond substituents is 2. The van der Waals surface area contributed by atoms with Crippen LogP contribution in [0.1, 0.15) is 76.7 Å². The van der Waals surface area contributed by atoms with Gasteiger partial charge in [-0.05, 0) is 73.8 Å². The highest BCUT2D eigenvalue weighted by Crippen LogP contribution is 2.32. The molecule has 5 atom stereocenters. The van der Waals surface area contributed by atoms with Crippen molar-refractivity contribution < 1.29 is 49.4 Å². The molecular weight excluding hydrogens is 622 g/mol. The van der Waals surface area contributed by atoms with Gasteiger partial charge in [-0.2, -0.15) is 0 Å². The van der Waals surface area contributed by atoms with Crippen LogP contribution in [-0.4, -0.2) is 86.4 Å². The molecular formula is C35H49N3O10. The second-order valence-corrected chi connectivity index (χ2v) is 12.1. The average molecular weight is 672 g/mol. The number of aliphatic hydroxyl groups is 3. The van der Waals surface area contributed by atoms with Crippen LogP contribution in [0, 0.1) is 0 Å². The van der Waals surface area contributed by atoms with E-state index in [0.717, 1.165) is 18.9 Å². The van der Waals surface area contributed by atoms with Crippen LogP contribution in [0.15, 0.2) is 48.5 Å². The summed E-state index contributed by atoms with van der Waals surface area (Å²) in [7, 11) is 0. The number of rotatable bonds is 18. The van der Waals surface area contributed by atoms with E-state index in [1.165, 1.54) is 50.0 Å². The lowest BCUT2D eigenvalue weighted by atomic mass is 9.78. The molecule has 0 spiro atoms. The molecule has 0 heterocycles. The normalized spacial score (nSPS) is 21.4. The van der Waals surface area contributed by atoms with Gasteiger partial charge in [0.15, 0.2) is 11.5 Å². The van der Waals surface area contributed by atoms with E-state index in [0.29, 0.717) is 30.0 Å². The number of aromatic hydroxyl groups is 2. The molecule has 1 aliphatic rings. The van der Waals surface area contributed by atoms with Gasteiger partial charge in [-0.1, -0.05) is 45.1 Å². The molecule has 1 fully saturated rings. The van der Waals surface area contributed by atoms with E-state index in [1.54, 1.807) is 24.3 Å². The number of esters is 1. The number of hydrogen-bond donors (Lipinski definition) is 8. The van der Waals surface area contributed by atoms with Gasteiger partial charge in [0.25, 0.3) is 5.91 Å². The lowest BCUT2D eigenvalue weighted by Gasteiger charge is -2.41. The Morgan fingerprint density at radius 3 is 2.38 bits per heavy atom. The molecule has 2 amide bonds. The number of nitrogens with one attached hydrogen (secondary N) is 2. The predicted octanol–water partition coefficient (Wildman–Crippen LogP) is 2.87. The number of nitrogens with two attached hydrogens (primary N) is 1. The molecule has 13 nitrogen and oxygen atoms in total. The first kappa shape index (κ1) is 38.3. The Balaban J connectivity index is 1.58. The fourth-order valence-corrected chi connectivity index (χ4v) is 5.36. The van der Waals surface area contributed by atoms with Crippen molar-refractivity contribution in [3.8, 4) is 17.2 Å². The van der Waals surface area contributed by atoms with Crippen molar-refractivity contribution in [2.75, 3.05) is 18.5 Å². The van der Waals surface area contributed by atoms with Gasteiger partial charge in [0.2, 0.25) is 5.91 Å². The van der Waals surface area contributed by atoms with Crippen LogP contribution in [0.3, 0.4) is 0 Å². The zero-order chi connectivity index (χ0) is 35.1. The highest BCUT2D eigenvalue weighted by molar-refractivity contribution is 5.98. The summed E-state index contributed by atoms with van der Waals surface area (Å²) >= 11 is 0. The van der Waals surface area contributed by atoms with E-state index in [1.807, 2.05) is 0 Å². The minimum atomic E-state index is -2.29. The largest absolute Gasteiger partial charge is 0.504 e. The lowest BCUT2D eigenvalue weighted by Crippen LogP contribution is -2.61. The molecule has 13 heteroatoms. The highest BCUT2D eigenvalue weighted by Gasteiger charge is 2.50. The molecule has 0 bridgehead atoms. The third-order valence-corrected chi connectivity index (χ3v) is 8.17. The van der Waals surface area contributed by atoms with Crippen molar-refractivity contribution in [3.05, 3.63) is 54.1 Å². The summed E-state index contributed by atoms with van der Waals surface area (Å²) < 4.78 is 11.1. The number of carbonyl (C=O) groups is 3. The van der Waals surface area contributed by atoms with Crippen LogP contribution in [0.25, 0.3) is 6.08 Å². The van der Waals surface area contributed by atoms with Gasteiger partial charge >= 0.3 is 5.97 Å². The summed E-state index contributed by atoms with van der Waals surface area (Å²) in [5.41, 5.74) is 4.20. The van der Waals surface area contributed by atoms with E-state index in [-0.39, 0.29) is 18.7 Å². The van der Waals surface area contributed by atoms with Gasteiger partial charge in [-0.15, -0.1) is 0 Å². The number of unbranched alkanes of at least 4 members (excludes halogenated alkanes) is 5. The second-order valence-electron chi connectivity index (χ2n) is 12.1. The average Bonchev–Trinajstić information content (AvgIpc) is 3.06. The first-order valence-electron chi connectivity index (χ1n) is 16.5. The molecule has 9 N–H and O–H groups in total. The van der Waals surface area contributed by atoms with E-state index in [9.17, 15) is 39.9 Å². The molecule has 264 valence electrons. The molecule has 2 aromatic rings. The Bertz CT molecular complexity index is 1370. The number of ether oxygens (including phenoxy) is 2. The minimum Gasteiger partial charge on any atom is -0.504 e. The molecule has 5 unspecified atom stereocenters. The Kier molecular flexibility index (Phi) is 15.1. The fraction of sp³-hybridized carbons (Fsp3) is 0.514. The monoisotopic (exact) mass is 671 g/mol. The topological polar surface area (TPSA) is 221 Å². The van der Waals surface area contributed by atoms with Crippen LogP contribution >= 0.6 is 0 Å². The van der Waals surface area contributed by atoms with Crippen LogP contribution in [0.2, 0.25) is 0 Å². The minimum absolute atomic E-state index is 0.158. The maximum absolute atomic E-state index is 13.4. The van der Waals surface area contributed by atoms with Crippen molar-refractivity contribution in [1.82, 2.24) is 5.32 Å². The molecule has 2 aromatic carbocycles. The molecule has 0 aromatic heterocycles. The van der Waals surface area contributed by atoms with E-state index < -0.39 is 66.3 Å². The number of benzene rings is 2. The first-order valence-corrected chi connectivity index (χ1v) is 16.5. The van der Waals surface area contributed by atoms with Gasteiger partial charge in [0.1, 0.15) is 29.6 Å². The van der Waals surface area contributed by atoms with Gasteiger partial charge < -0.3 is 51.4 Å². The van der Waals surface area contributed by atoms with Crippen LogP contribution in [-0.2, 0) is 19.1 Å². The molecule has 1 saturated carbocycles. The number of hydrogen-bond acceptors (Lipinski definition) is 11. The third kappa shape index (κ3) is 11.8. The molecule has 0 aliphatic heterocycles. The van der Waals surface area contributed by atoms with Gasteiger partial charge in [-0.3, -0.25) is 9.59 Å². The number of anilines is 1. The van der Waals surface area contributed by atoms with Crippen LogP contribution < -0.4 is 21.1 Å². The van der Waals surface area contributed by atoms with E-state index >= 15 is 0 Å². The maximum atomic E-state index is 13.4. The Morgan fingerprint density at radius 2 is 1.69 bits per heavy atom. The van der Waals surface area contributed by atoms with Crippen molar-refractivity contribution >= 4 is 29.5 Å². The maximum Gasteiger partial charge on any atom is 0.331 e. The summed E-state index contributed by atoms with van der Waals surface area (Å²) in [5.74, 6) is -2.56. The van der Waals surface area contributed by atoms with Crippen molar-refractivity contribution in [2.45, 2.75) is 101 Å². The molecule has 0 saturated heterocycles. The third-order valence-electron chi connectivity index (χ3n) is 8.17. The van der Waals surface area contributed by atoms with Gasteiger partial charge in [0.05, 0.1) is 12.7 Å². The smallest absolute Gasteiger partial charge is 0.331 e. The molecule has 1 aliphatic carbocycles. The summed E-state index contributed by atoms with van der Waals surface area (Å²) in [5, 5.41) is 56.6. The quantitative estimate of drug-likeness (QED) is 0.0498. The first-order chi connectivity index (χ1) is 22.9. The Hall–Kier alpha value is -4.17. The van der Waals surface area contributed by atoms with Crippen LogP contribution in [0.5, 0.6) is 17.2 Å². The van der Waals surface area contributed by atoms with Crippen molar-refractivity contribution in [2.24, 2.45) is 5.73 Å².